The van der Waals surface area contributed by atoms with Crippen LogP contribution in [0.4, 0.5) is 5.69 Å². The van der Waals surface area contributed by atoms with Gasteiger partial charge < -0.3 is 5.32 Å². The van der Waals surface area contributed by atoms with Gasteiger partial charge in [-0.2, -0.15) is 0 Å². The predicted molar refractivity (Wildman–Crippen MR) is 86.5 cm³/mol. The number of sulfone groups is 1. The maximum Gasteiger partial charge on any atom is 0.379 e. The van der Waals surface area contributed by atoms with Gasteiger partial charge in [0.1, 0.15) is 0 Å². The van der Waals surface area contributed by atoms with E-state index in [9.17, 15) is 18.5 Å². The highest BCUT2D eigenvalue weighted by atomic mass is 79.9. The van der Waals surface area contributed by atoms with Gasteiger partial charge in [-0.3, -0.25) is 10.1 Å². The summed E-state index contributed by atoms with van der Waals surface area (Å²) in [5.74, 6) is 0. The smallest absolute Gasteiger partial charge is 0.355 e. The number of halogens is 1. The number of nitrogens with zero attached hydrogens (tertiary/aromatic N) is 1. The Labute approximate surface area is 135 Å². The summed E-state index contributed by atoms with van der Waals surface area (Å²) in [5.41, 5.74) is 0.533. The largest absolute Gasteiger partial charge is 0.379 e. The molecule has 0 fully saturated rings. The standard InChI is InChI=1S/C14H11BrN2O4S/c15-11-6-8-12(9-7-11)16-10-14(17(18)19)22(20,21)13-4-2-1-3-5-13/h1-10,16H/b14-10+. The first-order valence-electron chi connectivity index (χ1n) is 6.08. The van der Waals surface area contributed by atoms with E-state index in [0.717, 1.165) is 10.7 Å². The van der Waals surface area contributed by atoms with Gasteiger partial charge >= 0.3 is 5.03 Å². The van der Waals surface area contributed by atoms with Crippen molar-refractivity contribution >= 4 is 31.5 Å². The van der Waals surface area contributed by atoms with Crippen molar-refractivity contribution in [1.82, 2.24) is 0 Å². The van der Waals surface area contributed by atoms with E-state index < -0.39 is 19.8 Å². The zero-order chi connectivity index (χ0) is 16.2. The highest BCUT2D eigenvalue weighted by Crippen LogP contribution is 2.20. The van der Waals surface area contributed by atoms with Crippen LogP contribution in [0.5, 0.6) is 0 Å². The summed E-state index contributed by atoms with van der Waals surface area (Å²) in [6, 6.07) is 14.1. The summed E-state index contributed by atoms with van der Waals surface area (Å²) in [4.78, 5) is 10.1. The third-order valence-corrected chi connectivity index (χ3v) is 4.95. The molecule has 0 saturated carbocycles. The number of hydrogen-bond acceptors (Lipinski definition) is 5. The highest BCUT2D eigenvalue weighted by Gasteiger charge is 2.31. The van der Waals surface area contributed by atoms with Gasteiger partial charge in [0.25, 0.3) is 9.84 Å². The molecule has 114 valence electrons. The van der Waals surface area contributed by atoms with E-state index in [4.69, 9.17) is 0 Å². The lowest BCUT2D eigenvalue weighted by Gasteiger charge is -2.04. The summed E-state index contributed by atoms with van der Waals surface area (Å²) < 4.78 is 25.4. The summed E-state index contributed by atoms with van der Waals surface area (Å²) in [5, 5.41) is 12.8. The van der Waals surface area contributed by atoms with Crippen LogP contribution < -0.4 is 5.32 Å². The van der Waals surface area contributed by atoms with Crippen LogP contribution >= 0.6 is 15.9 Å². The van der Waals surface area contributed by atoms with Crippen molar-refractivity contribution in [2.45, 2.75) is 4.90 Å². The monoisotopic (exact) mass is 382 g/mol. The van der Waals surface area contributed by atoms with Crippen molar-refractivity contribution < 1.29 is 13.3 Å². The van der Waals surface area contributed by atoms with Crippen LogP contribution in [-0.2, 0) is 9.84 Å². The van der Waals surface area contributed by atoms with E-state index >= 15 is 0 Å². The molecular formula is C14H11BrN2O4S. The Balaban J connectivity index is 2.36. The number of anilines is 1. The maximum atomic E-state index is 12.3. The lowest BCUT2D eigenvalue weighted by atomic mass is 10.3. The Morgan fingerprint density at radius 3 is 2.23 bits per heavy atom. The summed E-state index contributed by atoms with van der Waals surface area (Å²) in [6.07, 6.45) is 0.881. The van der Waals surface area contributed by atoms with Crippen molar-refractivity contribution in [3.63, 3.8) is 0 Å². The summed E-state index contributed by atoms with van der Waals surface area (Å²) in [7, 11) is -4.19. The molecule has 0 radical (unpaired) electrons. The lowest BCUT2D eigenvalue weighted by molar-refractivity contribution is -0.411. The molecule has 2 aromatic carbocycles. The van der Waals surface area contributed by atoms with Gasteiger partial charge in [0, 0.05) is 10.2 Å². The van der Waals surface area contributed by atoms with E-state index in [-0.39, 0.29) is 4.90 Å². The van der Waals surface area contributed by atoms with E-state index in [1.807, 2.05) is 0 Å². The third-order valence-electron chi connectivity index (χ3n) is 2.72. The molecule has 0 aliphatic rings. The molecule has 0 aliphatic carbocycles. The third kappa shape index (κ3) is 3.71. The average Bonchev–Trinajstić information content (AvgIpc) is 2.50. The van der Waals surface area contributed by atoms with Gasteiger partial charge in [-0.15, -0.1) is 0 Å². The topological polar surface area (TPSA) is 89.3 Å². The minimum atomic E-state index is -4.19. The Morgan fingerprint density at radius 2 is 1.68 bits per heavy atom. The fourth-order valence-corrected chi connectivity index (χ4v) is 3.07. The van der Waals surface area contributed by atoms with Crippen molar-refractivity contribution in [2.75, 3.05) is 5.32 Å². The van der Waals surface area contributed by atoms with Gasteiger partial charge in [-0.25, -0.2) is 8.42 Å². The van der Waals surface area contributed by atoms with Gasteiger partial charge in [0.05, 0.1) is 16.0 Å². The number of hydrogen-bond donors (Lipinski definition) is 1. The highest BCUT2D eigenvalue weighted by molar-refractivity contribution is 9.10. The van der Waals surface area contributed by atoms with Crippen molar-refractivity contribution in [1.29, 1.82) is 0 Å². The van der Waals surface area contributed by atoms with Crippen LogP contribution in [0.1, 0.15) is 0 Å². The van der Waals surface area contributed by atoms with Crippen molar-refractivity contribution in [2.24, 2.45) is 0 Å². The molecule has 0 bridgehead atoms. The van der Waals surface area contributed by atoms with E-state index in [2.05, 4.69) is 21.2 Å². The number of nitrogens with one attached hydrogen (secondary N) is 1. The molecule has 8 heteroatoms. The molecule has 22 heavy (non-hydrogen) atoms. The Morgan fingerprint density at radius 1 is 1.09 bits per heavy atom. The summed E-state index contributed by atoms with van der Waals surface area (Å²) in [6.45, 7) is 0. The molecule has 0 atom stereocenters. The Bertz CT molecular complexity index is 802. The second-order valence-electron chi connectivity index (χ2n) is 4.21. The van der Waals surface area contributed by atoms with Gasteiger partial charge in [-0.05, 0) is 36.4 Å². The number of nitro groups is 1. The second-order valence-corrected chi connectivity index (χ2v) is 7.02. The quantitative estimate of drug-likeness (QED) is 0.631. The van der Waals surface area contributed by atoms with Crippen LogP contribution in [0.3, 0.4) is 0 Å². The molecule has 1 N–H and O–H groups in total. The molecule has 0 aliphatic heterocycles. The molecule has 0 amide bonds. The van der Waals surface area contributed by atoms with Crippen LogP contribution in [0.25, 0.3) is 0 Å². The van der Waals surface area contributed by atoms with E-state index in [0.29, 0.717) is 5.69 Å². The zero-order valence-electron chi connectivity index (χ0n) is 11.1. The summed E-state index contributed by atoms with van der Waals surface area (Å²) >= 11 is 3.26. The predicted octanol–water partition coefficient (Wildman–Crippen LogP) is 3.41. The van der Waals surface area contributed by atoms with Crippen molar-refractivity contribution in [3.05, 3.63) is 80.4 Å². The molecule has 2 rings (SSSR count). The molecule has 6 nitrogen and oxygen atoms in total. The molecule has 0 spiro atoms. The van der Waals surface area contributed by atoms with Gasteiger partial charge in [0.15, 0.2) is 0 Å². The first-order valence-corrected chi connectivity index (χ1v) is 8.35. The molecular weight excluding hydrogens is 372 g/mol. The molecule has 0 heterocycles. The molecule has 2 aromatic rings. The zero-order valence-corrected chi connectivity index (χ0v) is 13.5. The lowest BCUT2D eigenvalue weighted by Crippen LogP contribution is -2.14. The first kappa shape index (κ1) is 16.2. The SMILES string of the molecule is O=[N+]([O-])/C(=C\Nc1ccc(Br)cc1)S(=O)(=O)c1ccccc1. The normalized spacial score (nSPS) is 12.0. The van der Waals surface area contributed by atoms with Crippen LogP contribution in [0.15, 0.2) is 75.2 Å². The molecule has 0 aromatic heterocycles. The minimum Gasteiger partial charge on any atom is -0.355 e. The molecule has 0 unspecified atom stereocenters. The Hall–Kier alpha value is -2.19. The fraction of sp³-hybridized carbons (Fsp3) is 0. The minimum absolute atomic E-state index is 0.129. The van der Waals surface area contributed by atoms with Gasteiger partial charge in [-0.1, -0.05) is 34.1 Å². The Kier molecular flexibility index (Phi) is 4.94. The fourth-order valence-electron chi connectivity index (χ4n) is 1.64. The van der Waals surface area contributed by atoms with E-state index in [1.54, 1.807) is 30.3 Å². The molecule has 0 saturated heterocycles. The van der Waals surface area contributed by atoms with Crippen LogP contribution in [-0.4, -0.2) is 13.3 Å². The van der Waals surface area contributed by atoms with Crippen molar-refractivity contribution in [3.8, 4) is 0 Å². The second kappa shape index (κ2) is 6.71. The van der Waals surface area contributed by atoms with Crippen LogP contribution in [0, 0.1) is 10.1 Å². The average molecular weight is 383 g/mol. The van der Waals surface area contributed by atoms with Crippen LogP contribution in [0.2, 0.25) is 0 Å². The number of benzene rings is 2. The van der Waals surface area contributed by atoms with Gasteiger partial charge in [0.2, 0.25) is 0 Å². The number of rotatable bonds is 5. The van der Waals surface area contributed by atoms with E-state index in [1.165, 1.54) is 24.3 Å². The maximum absolute atomic E-state index is 12.3. The first-order chi connectivity index (χ1) is 10.4.